The number of benzene rings is 1. The molecule has 0 radical (unpaired) electrons. The number of hydrogen-bond donors (Lipinski definition) is 0. The van der Waals surface area contributed by atoms with Gasteiger partial charge in [-0.05, 0) is 38.0 Å². The Hall–Kier alpha value is -1.56. The van der Waals surface area contributed by atoms with Crippen molar-refractivity contribution in [2.24, 2.45) is 0 Å². The standard InChI is InChI=1S/C17H22N4O2S2/c1-2-21-16-8-7-14(25(22,23)20-10-4-3-5-11-20)13-15(16)19-17(21)24-12-6-9-18/h7-8,13H,2-6,10-12H2,1H3. The minimum absolute atomic E-state index is 0.316. The molecule has 0 amide bonds. The third-order valence-corrected chi connectivity index (χ3v) is 7.27. The number of sulfonamides is 1. The first-order valence-corrected chi connectivity index (χ1v) is 11.0. The first-order valence-electron chi connectivity index (χ1n) is 8.58. The van der Waals surface area contributed by atoms with Crippen LogP contribution in [0, 0.1) is 11.3 Å². The molecule has 1 fully saturated rings. The van der Waals surface area contributed by atoms with Crippen LogP contribution in [0.2, 0.25) is 0 Å². The third kappa shape index (κ3) is 3.68. The van der Waals surface area contributed by atoms with Crippen LogP contribution in [0.25, 0.3) is 11.0 Å². The predicted octanol–water partition coefficient (Wildman–Crippen LogP) is 3.24. The molecule has 1 aliphatic heterocycles. The van der Waals surface area contributed by atoms with E-state index in [0.29, 0.717) is 35.7 Å². The Labute approximate surface area is 152 Å². The van der Waals surface area contributed by atoms with Crippen LogP contribution in [-0.4, -0.2) is 41.1 Å². The molecule has 3 rings (SSSR count). The third-order valence-electron chi connectivity index (χ3n) is 4.40. The number of fused-ring (bicyclic) bond motifs is 1. The van der Waals surface area contributed by atoms with E-state index in [1.54, 1.807) is 16.4 Å². The summed E-state index contributed by atoms with van der Waals surface area (Å²) < 4.78 is 29.4. The van der Waals surface area contributed by atoms with Crippen LogP contribution in [0.4, 0.5) is 0 Å². The summed E-state index contributed by atoms with van der Waals surface area (Å²) in [5.41, 5.74) is 1.62. The molecule has 8 heteroatoms. The van der Waals surface area contributed by atoms with Gasteiger partial charge in [0.25, 0.3) is 0 Å². The molecular formula is C17H22N4O2S2. The predicted molar refractivity (Wildman–Crippen MR) is 99.0 cm³/mol. The van der Waals surface area contributed by atoms with Gasteiger partial charge in [0.05, 0.1) is 22.0 Å². The molecule has 0 bridgehead atoms. The van der Waals surface area contributed by atoms with Gasteiger partial charge in [-0.3, -0.25) is 0 Å². The summed E-state index contributed by atoms with van der Waals surface area (Å²) in [5, 5.41) is 9.53. The molecule has 0 N–H and O–H groups in total. The summed E-state index contributed by atoms with van der Waals surface area (Å²) in [7, 11) is -3.45. The van der Waals surface area contributed by atoms with Gasteiger partial charge < -0.3 is 4.57 Å². The largest absolute Gasteiger partial charge is 0.319 e. The van der Waals surface area contributed by atoms with E-state index in [0.717, 1.165) is 36.5 Å². The minimum atomic E-state index is -3.45. The van der Waals surface area contributed by atoms with Crippen LogP contribution < -0.4 is 0 Å². The van der Waals surface area contributed by atoms with Gasteiger partial charge in [0.15, 0.2) is 5.16 Å². The highest BCUT2D eigenvalue weighted by Crippen LogP contribution is 2.28. The Balaban J connectivity index is 1.95. The summed E-state index contributed by atoms with van der Waals surface area (Å²) >= 11 is 1.53. The topological polar surface area (TPSA) is 79.0 Å². The molecule has 0 aliphatic carbocycles. The zero-order chi connectivity index (χ0) is 17.9. The van der Waals surface area contributed by atoms with Crippen LogP contribution in [0.3, 0.4) is 0 Å². The number of piperidine rings is 1. The van der Waals surface area contributed by atoms with Gasteiger partial charge in [-0.1, -0.05) is 18.2 Å². The van der Waals surface area contributed by atoms with E-state index < -0.39 is 10.0 Å². The molecule has 1 aromatic carbocycles. The number of imidazole rings is 1. The second-order valence-corrected chi connectivity index (χ2v) is 9.01. The average molecular weight is 379 g/mol. The first kappa shape index (κ1) is 18.2. The monoisotopic (exact) mass is 378 g/mol. The summed E-state index contributed by atoms with van der Waals surface area (Å²) in [5.74, 6) is 0.679. The Bertz CT molecular complexity index is 893. The van der Waals surface area contributed by atoms with Gasteiger partial charge in [0.1, 0.15) is 0 Å². The molecule has 134 valence electrons. The van der Waals surface area contributed by atoms with E-state index in [1.807, 2.05) is 13.0 Å². The number of rotatable bonds is 6. The molecule has 25 heavy (non-hydrogen) atoms. The van der Waals surface area contributed by atoms with E-state index in [4.69, 9.17) is 5.26 Å². The Kier molecular flexibility index (Phi) is 5.67. The van der Waals surface area contributed by atoms with Gasteiger partial charge in [-0.15, -0.1) is 0 Å². The average Bonchev–Trinajstić information content (AvgIpc) is 2.99. The maximum absolute atomic E-state index is 12.9. The van der Waals surface area contributed by atoms with Crippen molar-refractivity contribution in [3.05, 3.63) is 18.2 Å². The fourth-order valence-electron chi connectivity index (χ4n) is 3.11. The Morgan fingerprint density at radius 2 is 2.04 bits per heavy atom. The smallest absolute Gasteiger partial charge is 0.243 e. The summed E-state index contributed by atoms with van der Waals surface area (Å²) in [6, 6.07) is 7.34. The second-order valence-electron chi connectivity index (χ2n) is 6.01. The SMILES string of the molecule is CCn1c(SCCC#N)nc2cc(S(=O)(=O)N3CCCCC3)ccc21. The molecule has 1 aliphatic rings. The number of hydrogen-bond acceptors (Lipinski definition) is 5. The molecule has 1 saturated heterocycles. The van der Waals surface area contributed by atoms with E-state index in [-0.39, 0.29) is 0 Å². The molecule has 2 aromatic rings. The Morgan fingerprint density at radius 1 is 1.28 bits per heavy atom. The summed E-state index contributed by atoms with van der Waals surface area (Å²) in [6.07, 6.45) is 3.40. The van der Waals surface area contributed by atoms with Crippen molar-refractivity contribution in [1.29, 1.82) is 5.26 Å². The Morgan fingerprint density at radius 3 is 2.72 bits per heavy atom. The molecule has 0 atom stereocenters. The summed E-state index contributed by atoms with van der Waals surface area (Å²) in [6.45, 7) is 3.98. The van der Waals surface area contributed by atoms with Crippen molar-refractivity contribution in [3.8, 4) is 6.07 Å². The van der Waals surface area contributed by atoms with Crippen molar-refractivity contribution < 1.29 is 8.42 Å². The molecule has 0 saturated carbocycles. The normalized spacial score (nSPS) is 16.2. The van der Waals surface area contributed by atoms with Crippen molar-refractivity contribution in [2.45, 2.75) is 49.2 Å². The number of thioether (sulfide) groups is 1. The fourth-order valence-corrected chi connectivity index (χ4v) is 5.57. The lowest BCUT2D eigenvalue weighted by Crippen LogP contribution is -2.35. The second kappa shape index (κ2) is 7.77. The maximum atomic E-state index is 12.9. The lowest BCUT2D eigenvalue weighted by molar-refractivity contribution is 0.346. The van der Waals surface area contributed by atoms with Crippen molar-refractivity contribution >= 4 is 32.8 Å². The van der Waals surface area contributed by atoms with Crippen LogP contribution in [0.1, 0.15) is 32.6 Å². The number of aryl methyl sites for hydroxylation is 1. The van der Waals surface area contributed by atoms with Gasteiger partial charge in [0.2, 0.25) is 10.0 Å². The van der Waals surface area contributed by atoms with E-state index in [2.05, 4.69) is 15.6 Å². The molecular weight excluding hydrogens is 356 g/mol. The number of aromatic nitrogens is 2. The lowest BCUT2D eigenvalue weighted by atomic mass is 10.2. The van der Waals surface area contributed by atoms with E-state index in [9.17, 15) is 8.42 Å². The van der Waals surface area contributed by atoms with Gasteiger partial charge in [-0.2, -0.15) is 9.57 Å². The molecule has 2 heterocycles. The fraction of sp³-hybridized carbons (Fsp3) is 0.529. The van der Waals surface area contributed by atoms with Crippen LogP contribution in [-0.2, 0) is 16.6 Å². The maximum Gasteiger partial charge on any atom is 0.243 e. The molecule has 0 spiro atoms. The minimum Gasteiger partial charge on any atom is -0.319 e. The van der Waals surface area contributed by atoms with Gasteiger partial charge in [0, 0.05) is 31.8 Å². The van der Waals surface area contributed by atoms with Crippen molar-refractivity contribution in [3.63, 3.8) is 0 Å². The van der Waals surface area contributed by atoms with Gasteiger partial charge >= 0.3 is 0 Å². The quantitative estimate of drug-likeness (QED) is 0.569. The van der Waals surface area contributed by atoms with Crippen LogP contribution in [0.5, 0.6) is 0 Å². The zero-order valence-electron chi connectivity index (χ0n) is 14.3. The van der Waals surface area contributed by atoms with Crippen molar-refractivity contribution in [1.82, 2.24) is 13.9 Å². The highest BCUT2D eigenvalue weighted by Gasteiger charge is 2.26. The van der Waals surface area contributed by atoms with Crippen molar-refractivity contribution in [2.75, 3.05) is 18.8 Å². The molecule has 6 nitrogen and oxygen atoms in total. The first-order chi connectivity index (χ1) is 12.1. The van der Waals surface area contributed by atoms with Crippen LogP contribution in [0.15, 0.2) is 28.3 Å². The highest BCUT2D eigenvalue weighted by atomic mass is 32.2. The molecule has 0 unspecified atom stereocenters. The zero-order valence-corrected chi connectivity index (χ0v) is 15.9. The van der Waals surface area contributed by atoms with Crippen LogP contribution >= 0.6 is 11.8 Å². The van der Waals surface area contributed by atoms with Gasteiger partial charge in [-0.25, -0.2) is 13.4 Å². The number of nitriles is 1. The lowest BCUT2D eigenvalue weighted by Gasteiger charge is -2.25. The number of nitrogens with zero attached hydrogens (tertiary/aromatic N) is 4. The van der Waals surface area contributed by atoms with E-state index >= 15 is 0 Å². The molecule has 1 aromatic heterocycles. The van der Waals surface area contributed by atoms with E-state index in [1.165, 1.54) is 11.8 Å². The highest BCUT2D eigenvalue weighted by molar-refractivity contribution is 7.99. The summed E-state index contributed by atoms with van der Waals surface area (Å²) in [4.78, 5) is 4.92.